The lowest BCUT2D eigenvalue weighted by Gasteiger charge is -2.45. The summed E-state index contributed by atoms with van der Waals surface area (Å²) in [7, 11) is 0. The lowest BCUT2D eigenvalue weighted by Crippen LogP contribution is -2.58. The molecular formula is C16H23N5. The van der Waals surface area contributed by atoms with E-state index in [1.54, 1.807) is 0 Å². The van der Waals surface area contributed by atoms with E-state index < -0.39 is 0 Å². The molecule has 1 heterocycles. The van der Waals surface area contributed by atoms with E-state index in [0.717, 1.165) is 37.8 Å². The minimum atomic E-state index is -0.345. The quantitative estimate of drug-likeness (QED) is 0.875. The molecule has 112 valence electrons. The minimum absolute atomic E-state index is 0.302. The van der Waals surface area contributed by atoms with Crippen molar-refractivity contribution < 1.29 is 0 Å². The summed E-state index contributed by atoms with van der Waals surface area (Å²) >= 11 is 0. The Morgan fingerprint density at radius 2 is 1.76 bits per heavy atom. The molecule has 0 unspecified atom stereocenters. The summed E-state index contributed by atoms with van der Waals surface area (Å²) in [5.74, 6) is 0.754. The topological polar surface area (TPSA) is 80.0 Å². The van der Waals surface area contributed by atoms with Gasteiger partial charge in [-0.1, -0.05) is 25.5 Å². The van der Waals surface area contributed by atoms with Crippen LogP contribution in [-0.2, 0) is 6.42 Å². The summed E-state index contributed by atoms with van der Waals surface area (Å²) in [5, 5.41) is 0. The minimum Gasteiger partial charge on any atom is -0.369 e. The van der Waals surface area contributed by atoms with Crippen LogP contribution in [0, 0.1) is 0 Å². The molecule has 0 amide bonds. The first-order valence-corrected chi connectivity index (χ1v) is 7.73. The van der Waals surface area contributed by atoms with Crippen LogP contribution < -0.4 is 16.4 Å². The zero-order chi connectivity index (χ0) is 14.9. The fourth-order valence-electron chi connectivity index (χ4n) is 3.38. The third-order valence-electron chi connectivity index (χ3n) is 4.45. The van der Waals surface area contributed by atoms with E-state index in [4.69, 9.17) is 11.5 Å². The highest BCUT2D eigenvalue weighted by molar-refractivity contribution is 6.05. The molecule has 1 aromatic carbocycles. The second-order valence-electron chi connectivity index (χ2n) is 5.84. The molecular weight excluding hydrogens is 262 g/mol. The number of guanidine groups is 2. The van der Waals surface area contributed by atoms with Crippen molar-refractivity contribution in [3.8, 4) is 0 Å². The Balaban J connectivity index is 2.01. The van der Waals surface area contributed by atoms with Crippen molar-refractivity contribution in [2.45, 2.75) is 51.1 Å². The van der Waals surface area contributed by atoms with E-state index in [1.807, 2.05) is 0 Å². The highest BCUT2D eigenvalue weighted by Crippen LogP contribution is 2.39. The number of aliphatic imine (C=N–C) groups is 2. The van der Waals surface area contributed by atoms with Crippen molar-refractivity contribution in [3.05, 3.63) is 29.8 Å². The number of nitrogens with zero attached hydrogens (tertiary/aromatic N) is 3. The fourth-order valence-corrected chi connectivity index (χ4v) is 3.38. The van der Waals surface area contributed by atoms with Crippen LogP contribution in [0.1, 0.15) is 44.6 Å². The van der Waals surface area contributed by atoms with Gasteiger partial charge in [0.1, 0.15) is 5.66 Å². The van der Waals surface area contributed by atoms with Crippen molar-refractivity contribution in [1.29, 1.82) is 0 Å². The van der Waals surface area contributed by atoms with E-state index in [0.29, 0.717) is 11.9 Å². The monoisotopic (exact) mass is 285 g/mol. The molecule has 5 heteroatoms. The van der Waals surface area contributed by atoms with Crippen molar-refractivity contribution in [1.82, 2.24) is 0 Å². The van der Waals surface area contributed by atoms with Gasteiger partial charge in [-0.15, -0.1) is 0 Å². The van der Waals surface area contributed by atoms with Crippen LogP contribution in [0.15, 0.2) is 34.3 Å². The summed E-state index contributed by atoms with van der Waals surface area (Å²) in [6.07, 6.45) is 6.51. The second-order valence-corrected chi connectivity index (χ2v) is 5.84. The van der Waals surface area contributed by atoms with Crippen LogP contribution in [0.25, 0.3) is 0 Å². The third kappa shape index (κ3) is 2.48. The number of aryl methyl sites for hydroxylation is 1. The number of anilines is 1. The van der Waals surface area contributed by atoms with Gasteiger partial charge in [0.2, 0.25) is 11.9 Å². The van der Waals surface area contributed by atoms with Crippen LogP contribution in [0.3, 0.4) is 0 Å². The molecule has 1 saturated carbocycles. The maximum absolute atomic E-state index is 6.19. The SMILES string of the molecule is CCc1ccc(N2C(N)=NC(N)=NC23CCCCC3)cc1. The molecule has 2 aliphatic rings. The highest BCUT2D eigenvalue weighted by Gasteiger charge is 2.42. The molecule has 1 aliphatic heterocycles. The van der Waals surface area contributed by atoms with Gasteiger partial charge in [-0.05, 0) is 49.8 Å². The molecule has 1 spiro atoms. The van der Waals surface area contributed by atoms with Gasteiger partial charge >= 0.3 is 0 Å². The first-order valence-electron chi connectivity index (χ1n) is 7.73. The maximum Gasteiger partial charge on any atom is 0.220 e. The average Bonchev–Trinajstić information content (AvgIpc) is 2.48. The highest BCUT2D eigenvalue weighted by atomic mass is 15.4. The Morgan fingerprint density at radius 3 is 2.38 bits per heavy atom. The van der Waals surface area contributed by atoms with Crippen LogP contribution in [-0.4, -0.2) is 17.6 Å². The molecule has 4 N–H and O–H groups in total. The van der Waals surface area contributed by atoms with Crippen molar-refractivity contribution >= 4 is 17.6 Å². The standard InChI is InChI=1S/C16H23N5/c1-2-12-6-8-13(9-7-12)21-15(18)19-14(17)20-16(21)10-4-3-5-11-16/h6-9H,2-5,10-11H2,1H3,(H4,17,18,19,20). The number of rotatable bonds is 2. The normalized spacial score (nSPS) is 21.1. The number of hydrogen-bond donors (Lipinski definition) is 2. The van der Waals surface area contributed by atoms with Gasteiger partial charge in [-0.25, -0.2) is 4.99 Å². The predicted molar refractivity (Wildman–Crippen MR) is 87.4 cm³/mol. The lowest BCUT2D eigenvalue weighted by molar-refractivity contribution is 0.305. The molecule has 1 fully saturated rings. The number of benzene rings is 1. The average molecular weight is 285 g/mol. The summed E-state index contributed by atoms with van der Waals surface area (Å²) in [4.78, 5) is 10.9. The van der Waals surface area contributed by atoms with Gasteiger partial charge in [0.15, 0.2) is 0 Å². The summed E-state index contributed by atoms with van der Waals surface area (Å²) in [6.45, 7) is 2.15. The lowest BCUT2D eigenvalue weighted by atomic mass is 9.87. The molecule has 0 saturated heterocycles. The first-order chi connectivity index (χ1) is 10.1. The summed E-state index contributed by atoms with van der Waals surface area (Å²) in [6, 6.07) is 8.49. The van der Waals surface area contributed by atoms with Gasteiger partial charge in [-0.3, -0.25) is 4.90 Å². The van der Waals surface area contributed by atoms with Gasteiger partial charge in [0.05, 0.1) is 0 Å². The molecule has 5 nitrogen and oxygen atoms in total. The molecule has 1 aliphatic carbocycles. The first kappa shape index (κ1) is 13.9. The Bertz CT molecular complexity index is 567. The van der Waals surface area contributed by atoms with Gasteiger partial charge < -0.3 is 11.5 Å². The second kappa shape index (κ2) is 5.39. The Kier molecular flexibility index (Phi) is 3.57. The largest absolute Gasteiger partial charge is 0.369 e. The predicted octanol–water partition coefficient (Wildman–Crippen LogP) is 2.36. The summed E-state index contributed by atoms with van der Waals surface area (Å²) in [5.41, 5.74) is 14.1. The zero-order valence-electron chi connectivity index (χ0n) is 12.5. The number of hydrogen-bond acceptors (Lipinski definition) is 5. The Hall–Kier alpha value is -2.04. The van der Waals surface area contributed by atoms with Gasteiger partial charge in [0, 0.05) is 5.69 Å². The zero-order valence-corrected chi connectivity index (χ0v) is 12.5. The molecule has 21 heavy (non-hydrogen) atoms. The van der Waals surface area contributed by atoms with E-state index in [9.17, 15) is 0 Å². The van der Waals surface area contributed by atoms with E-state index in [1.165, 1.54) is 12.0 Å². The Labute approximate surface area is 125 Å². The maximum atomic E-state index is 6.19. The van der Waals surface area contributed by atoms with Crippen molar-refractivity contribution in [2.75, 3.05) is 4.90 Å². The van der Waals surface area contributed by atoms with Gasteiger partial charge in [0.25, 0.3) is 0 Å². The molecule has 0 aromatic heterocycles. The van der Waals surface area contributed by atoms with Crippen LogP contribution in [0.5, 0.6) is 0 Å². The molecule has 0 atom stereocenters. The van der Waals surface area contributed by atoms with E-state index >= 15 is 0 Å². The fraction of sp³-hybridized carbons (Fsp3) is 0.500. The van der Waals surface area contributed by atoms with Gasteiger partial charge in [-0.2, -0.15) is 4.99 Å². The Morgan fingerprint density at radius 1 is 1.10 bits per heavy atom. The van der Waals surface area contributed by atoms with E-state index in [-0.39, 0.29) is 5.66 Å². The smallest absolute Gasteiger partial charge is 0.220 e. The van der Waals surface area contributed by atoms with Crippen LogP contribution in [0.4, 0.5) is 5.69 Å². The van der Waals surface area contributed by atoms with E-state index in [2.05, 4.69) is 46.1 Å². The molecule has 3 rings (SSSR count). The van der Waals surface area contributed by atoms with Crippen molar-refractivity contribution in [3.63, 3.8) is 0 Å². The van der Waals surface area contributed by atoms with Crippen molar-refractivity contribution in [2.24, 2.45) is 21.5 Å². The third-order valence-corrected chi connectivity index (χ3v) is 4.45. The molecule has 0 bridgehead atoms. The summed E-state index contributed by atoms with van der Waals surface area (Å²) < 4.78 is 0. The van der Waals surface area contributed by atoms with Crippen LogP contribution >= 0.6 is 0 Å². The number of nitrogens with two attached hydrogens (primary N) is 2. The molecule has 1 aromatic rings. The molecule has 0 radical (unpaired) electrons. The van der Waals surface area contributed by atoms with Crippen LogP contribution in [0.2, 0.25) is 0 Å².